The molecular weight excluding hydrogens is 536 g/mol. The van der Waals surface area contributed by atoms with Crippen molar-refractivity contribution >= 4 is 34.3 Å². The van der Waals surface area contributed by atoms with Crippen molar-refractivity contribution in [3.8, 4) is 34.5 Å². The fourth-order valence-electron chi connectivity index (χ4n) is 4.97. The zero-order valence-electron chi connectivity index (χ0n) is 22.8. The van der Waals surface area contributed by atoms with E-state index in [9.17, 15) is 0 Å². The first kappa shape index (κ1) is 29.3. The van der Waals surface area contributed by atoms with Crippen LogP contribution in [-0.2, 0) is 13.0 Å². The van der Waals surface area contributed by atoms with Crippen LogP contribution in [0.15, 0.2) is 67.4 Å². The smallest absolute Gasteiger partial charge is 0.0934 e. The molecule has 0 saturated heterocycles. The first-order valence-electron chi connectivity index (χ1n) is 13.3. The van der Waals surface area contributed by atoms with Crippen LogP contribution in [0.1, 0.15) is 42.5 Å². The number of hydrogen-bond acceptors (Lipinski definition) is 7. The first-order valence-corrected chi connectivity index (χ1v) is 14.5. The molecule has 4 aromatic heterocycles. The number of nitrogen functional groups attached to an aromatic ring is 1. The fourth-order valence-corrected chi connectivity index (χ4v) is 6.08. The number of anilines is 2. The normalized spacial score (nSPS) is 13.0. The Kier molecular flexibility index (Phi) is 10.3. The first-order chi connectivity index (χ1) is 19.5. The van der Waals surface area contributed by atoms with E-state index in [0.717, 1.165) is 73.2 Å². The number of aromatic nitrogens is 3. The van der Waals surface area contributed by atoms with Crippen molar-refractivity contribution in [3.63, 3.8) is 0 Å². The van der Waals surface area contributed by atoms with Gasteiger partial charge in [0.2, 0.25) is 0 Å². The highest BCUT2D eigenvalue weighted by molar-refractivity contribution is 7.19. The zero-order valence-corrected chi connectivity index (χ0v) is 24.4. The molecule has 0 aromatic carbocycles. The van der Waals surface area contributed by atoms with Gasteiger partial charge in [-0.2, -0.15) is 0 Å². The van der Waals surface area contributed by atoms with Gasteiger partial charge in [-0.25, -0.2) is 0 Å². The van der Waals surface area contributed by atoms with Crippen LogP contribution in [0.5, 0.6) is 0 Å². The maximum Gasteiger partial charge on any atom is 0.0934 e. The van der Waals surface area contributed by atoms with Gasteiger partial charge in [0, 0.05) is 53.3 Å². The average molecular weight is 571 g/mol. The molecule has 40 heavy (non-hydrogen) atoms. The number of nitrogens with one attached hydrogen (secondary N) is 2. The van der Waals surface area contributed by atoms with Gasteiger partial charge in [0.05, 0.1) is 33.3 Å². The van der Waals surface area contributed by atoms with Gasteiger partial charge in [-0.3, -0.25) is 15.0 Å². The highest BCUT2D eigenvalue weighted by atomic mass is 35.5. The third kappa shape index (κ3) is 7.48. The van der Waals surface area contributed by atoms with Crippen molar-refractivity contribution in [2.24, 2.45) is 5.92 Å². The number of nitrogens with zero attached hydrogens (tertiary/aromatic N) is 3. The molecule has 6 nitrogen and oxygen atoms in total. The Labute approximate surface area is 246 Å². The van der Waals surface area contributed by atoms with E-state index < -0.39 is 0 Å². The molecule has 206 valence electrons. The Morgan fingerprint density at radius 3 is 2.62 bits per heavy atom. The van der Waals surface area contributed by atoms with Crippen LogP contribution in [0.25, 0.3) is 21.7 Å². The second kappa shape index (κ2) is 14.1. The molecule has 4 aromatic rings. The molecule has 0 atom stereocenters. The number of halogens is 1. The zero-order chi connectivity index (χ0) is 28.5. The molecule has 0 bridgehead atoms. The van der Waals surface area contributed by atoms with Crippen molar-refractivity contribution in [3.05, 3.63) is 88.6 Å². The Morgan fingerprint density at radius 2 is 1.88 bits per heavy atom. The number of nitrogens with two attached hydrogens (primary N) is 1. The van der Waals surface area contributed by atoms with Crippen LogP contribution >= 0.6 is 22.9 Å². The Hall–Kier alpha value is -3.70. The third-order valence-electron chi connectivity index (χ3n) is 7.08. The minimum absolute atomic E-state index is 0.490. The molecule has 4 N–H and O–H groups in total. The Morgan fingerprint density at radius 1 is 1.10 bits per heavy atom. The van der Waals surface area contributed by atoms with E-state index in [-0.39, 0.29) is 0 Å². The average Bonchev–Trinajstić information content (AvgIpc) is 3.64. The van der Waals surface area contributed by atoms with E-state index in [0.29, 0.717) is 12.1 Å². The van der Waals surface area contributed by atoms with E-state index >= 15 is 0 Å². The summed E-state index contributed by atoms with van der Waals surface area (Å²) >= 11 is 7.68. The van der Waals surface area contributed by atoms with Crippen LogP contribution in [-0.4, -0.2) is 21.5 Å². The van der Waals surface area contributed by atoms with Gasteiger partial charge in [-0.15, -0.1) is 24.2 Å². The van der Waals surface area contributed by atoms with Crippen molar-refractivity contribution in [2.75, 3.05) is 17.6 Å². The summed E-state index contributed by atoms with van der Waals surface area (Å²) in [6.07, 6.45) is 21.4. The lowest BCUT2D eigenvalue weighted by Gasteiger charge is -2.15. The highest BCUT2D eigenvalue weighted by Gasteiger charge is 2.15. The van der Waals surface area contributed by atoms with E-state index in [1.165, 1.54) is 37.0 Å². The van der Waals surface area contributed by atoms with Crippen LogP contribution in [0, 0.1) is 25.7 Å². The number of pyridine rings is 3. The van der Waals surface area contributed by atoms with Crippen LogP contribution in [0.4, 0.5) is 11.4 Å². The monoisotopic (exact) mass is 570 g/mol. The second-order valence-electron chi connectivity index (χ2n) is 9.96. The molecule has 0 spiro atoms. The number of thiophene rings is 1. The van der Waals surface area contributed by atoms with E-state index in [4.69, 9.17) is 22.3 Å². The van der Waals surface area contributed by atoms with Crippen LogP contribution < -0.4 is 16.4 Å². The highest BCUT2D eigenvalue weighted by Crippen LogP contribution is 2.35. The maximum atomic E-state index is 6.32. The van der Waals surface area contributed by atoms with Gasteiger partial charge in [0.25, 0.3) is 0 Å². The molecule has 1 saturated carbocycles. The summed E-state index contributed by atoms with van der Waals surface area (Å²) in [7, 11) is 0. The van der Waals surface area contributed by atoms with Gasteiger partial charge in [-0.05, 0) is 73.7 Å². The molecule has 8 heteroatoms. The number of rotatable bonds is 10. The van der Waals surface area contributed by atoms with E-state index in [1.54, 1.807) is 0 Å². The minimum Gasteiger partial charge on any atom is -0.397 e. The van der Waals surface area contributed by atoms with Crippen molar-refractivity contribution in [1.82, 2.24) is 20.3 Å². The lowest BCUT2D eigenvalue weighted by Crippen LogP contribution is -2.20. The summed E-state index contributed by atoms with van der Waals surface area (Å²) in [5.41, 5.74) is 14.5. The molecule has 1 aliphatic carbocycles. The quantitative estimate of drug-likeness (QED) is 0.171. The van der Waals surface area contributed by atoms with Gasteiger partial charge in [0.15, 0.2) is 0 Å². The maximum absolute atomic E-state index is 6.32. The molecule has 0 unspecified atom stereocenters. The third-order valence-corrected chi connectivity index (χ3v) is 8.35. The van der Waals surface area contributed by atoms with Gasteiger partial charge in [-0.1, -0.05) is 31.0 Å². The summed E-state index contributed by atoms with van der Waals surface area (Å²) in [5, 5.41) is 7.02. The molecule has 1 aliphatic rings. The van der Waals surface area contributed by atoms with Gasteiger partial charge in [0.1, 0.15) is 0 Å². The Bertz CT molecular complexity index is 1470. The molecule has 5 rings (SSSR count). The number of allylic oxidation sites excluding steroid dienone is 1. The van der Waals surface area contributed by atoms with Crippen molar-refractivity contribution in [1.29, 1.82) is 0 Å². The SMILES string of the molecule is C#C.C=C(Cc1nc(-c2cncc(CNCC3CCCC3)c2)ccc1N)Nc1cncc(-c2ccc(Cl)s2)c1C. The Balaban J connectivity index is 0.00000181. The number of hydrogen-bond donors (Lipinski definition) is 3. The second-order valence-corrected chi connectivity index (χ2v) is 11.7. The van der Waals surface area contributed by atoms with Crippen LogP contribution in [0.2, 0.25) is 4.34 Å². The summed E-state index contributed by atoms with van der Waals surface area (Å²) in [4.78, 5) is 14.9. The lowest BCUT2D eigenvalue weighted by atomic mass is 10.1. The van der Waals surface area contributed by atoms with Crippen molar-refractivity contribution < 1.29 is 0 Å². The van der Waals surface area contributed by atoms with Gasteiger partial charge < -0.3 is 16.4 Å². The van der Waals surface area contributed by atoms with E-state index in [2.05, 4.69) is 53.0 Å². The number of terminal acetylenes is 1. The largest absolute Gasteiger partial charge is 0.397 e. The summed E-state index contributed by atoms with van der Waals surface area (Å²) in [6.45, 7) is 8.19. The molecular formula is C32H35ClN6S. The molecule has 1 fully saturated rings. The lowest BCUT2D eigenvalue weighted by molar-refractivity contribution is 0.489. The predicted octanol–water partition coefficient (Wildman–Crippen LogP) is 7.51. The van der Waals surface area contributed by atoms with Gasteiger partial charge >= 0.3 is 0 Å². The van der Waals surface area contributed by atoms with E-state index in [1.807, 2.05) is 49.1 Å². The fraction of sp³-hybridized carbons (Fsp3) is 0.281. The standard InChI is InChI=1S/C30H33ClN6S.C2H2/c1-19(36-28-18-35-17-24(20(28)2)29-9-10-30(31)38-29)11-27-25(32)7-8-26(37-27)23-12-22(15-34-16-23)14-33-13-21-5-3-4-6-21;1-2/h7-10,12,15-18,21,33,36H,1,3-6,11,13-14,32H2,2H3;1-2H. The summed E-state index contributed by atoms with van der Waals surface area (Å²) in [5.74, 6) is 0.811. The summed E-state index contributed by atoms with van der Waals surface area (Å²) in [6, 6.07) is 9.93. The van der Waals surface area contributed by atoms with Crippen LogP contribution in [0.3, 0.4) is 0 Å². The summed E-state index contributed by atoms with van der Waals surface area (Å²) < 4.78 is 0.754. The molecule has 4 heterocycles. The topological polar surface area (TPSA) is 88.8 Å². The molecule has 0 aliphatic heterocycles. The predicted molar refractivity (Wildman–Crippen MR) is 169 cm³/mol. The molecule has 0 amide bonds. The molecule has 0 radical (unpaired) electrons. The van der Waals surface area contributed by atoms with Crippen molar-refractivity contribution in [2.45, 2.75) is 45.6 Å². The minimum atomic E-state index is 0.490.